The van der Waals surface area contributed by atoms with E-state index in [0.29, 0.717) is 22.6 Å². The number of aromatic hydroxyl groups is 2. The number of phenolic OH excluding ortho intramolecular Hbond substituents is 2. The molecular formula is C17H16O5. The standard InChI is InChI=1S/C17H16O5/c1-21-16-8-5-12(9-17(16)22-2)14(19)7-4-11-3-6-13(18)10-15(11)20/h3-10,18,20H,1-2H3. The van der Waals surface area contributed by atoms with Crippen LogP contribution in [0.15, 0.2) is 42.5 Å². The van der Waals surface area contributed by atoms with Crippen molar-refractivity contribution in [2.45, 2.75) is 0 Å². The first-order chi connectivity index (χ1) is 10.5. The van der Waals surface area contributed by atoms with Gasteiger partial charge in [0, 0.05) is 17.2 Å². The summed E-state index contributed by atoms with van der Waals surface area (Å²) in [6.45, 7) is 0. The van der Waals surface area contributed by atoms with E-state index in [1.165, 1.54) is 44.6 Å². The second-order valence-corrected chi connectivity index (χ2v) is 4.51. The molecule has 0 radical (unpaired) electrons. The molecule has 0 spiro atoms. The lowest BCUT2D eigenvalue weighted by molar-refractivity contribution is 0.104. The van der Waals surface area contributed by atoms with E-state index in [4.69, 9.17) is 9.47 Å². The van der Waals surface area contributed by atoms with E-state index in [-0.39, 0.29) is 17.3 Å². The van der Waals surface area contributed by atoms with E-state index in [9.17, 15) is 15.0 Å². The van der Waals surface area contributed by atoms with Crippen molar-refractivity contribution in [3.05, 3.63) is 53.6 Å². The number of rotatable bonds is 5. The highest BCUT2D eigenvalue weighted by atomic mass is 16.5. The fourth-order valence-electron chi connectivity index (χ4n) is 1.92. The van der Waals surface area contributed by atoms with Crippen LogP contribution in [-0.2, 0) is 0 Å². The Morgan fingerprint density at radius 3 is 2.36 bits per heavy atom. The lowest BCUT2D eigenvalue weighted by Gasteiger charge is -2.08. The maximum atomic E-state index is 12.1. The van der Waals surface area contributed by atoms with Crippen molar-refractivity contribution in [1.29, 1.82) is 0 Å². The molecule has 2 rings (SSSR count). The smallest absolute Gasteiger partial charge is 0.185 e. The van der Waals surface area contributed by atoms with Crippen molar-refractivity contribution in [2.24, 2.45) is 0 Å². The number of ketones is 1. The molecule has 0 unspecified atom stereocenters. The number of benzene rings is 2. The Balaban J connectivity index is 2.23. The molecule has 2 aromatic rings. The molecule has 0 saturated heterocycles. The molecule has 0 aromatic heterocycles. The average molecular weight is 300 g/mol. The van der Waals surface area contributed by atoms with Gasteiger partial charge < -0.3 is 19.7 Å². The normalized spacial score (nSPS) is 10.6. The first-order valence-corrected chi connectivity index (χ1v) is 6.51. The van der Waals surface area contributed by atoms with Gasteiger partial charge in [0.2, 0.25) is 0 Å². The van der Waals surface area contributed by atoms with Gasteiger partial charge in [0.1, 0.15) is 11.5 Å². The lowest BCUT2D eigenvalue weighted by Crippen LogP contribution is -1.97. The molecule has 0 atom stereocenters. The summed E-state index contributed by atoms with van der Waals surface area (Å²) in [5.41, 5.74) is 0.874. The van der Waals surface area contributed by atoms with Gasteiger partial charge in [-0.2, -0.15) is 0 Å². The Kier molecular flexibility index (Phi) is 4.68. The van der Waals surface area contributed by atoms with E-state index in [1.807, 2.05) is 0 Å². The number of carbonyl (C=O) groups excluding carboxylic acids is 1. The Morgan fingerprint density at radius 2 is 1.73 bits per heavy atom. The van der Waals surface area contributed by atoms with Crippen molar-refractivity contribution >= 4 is 11.9 Å². The summed E-state index contributed by atoms with van der Waals surface area (Å²) < 4.78 is 10.3. The summed E-state index contributed by atoms with van der Waals surface area (Å²) in [5.74, 6) is 0.624. The monoisotopic (exact) mass is 300 g/mol. The van der Waals surface area contributed by atoms with Gasteiger partial charge in [-0.15, -0.1) is 0 Å². The summed E-state index contributed by atoms with van der Waals surface area (Å²) in [7, 11) is 3.02. The first kappa shape index (κ1) is 15.4. The Labute approximate surface area is 128 Å². The van der Waals surface area contributed by atoms with Gasteiger partial charge in [0.05, 0.1) is 14.2 Å². The lowest BCUT2D eigenvalue weighted by atomic mass is 10.1. The van der Waals surface area contributed by atoms with E-state index < -0.39 is 0 Å². The van der Waals surface area contributed by atoms with Crippen LogP contribution in [0.25, 0.3) is 6.08 Å². The zero-order chi connectivity index (χ0) is 16.1. The molecule has 5 nitrogen and oxygen atoms in total. The van der Waals surface area contributed by atoms with Gasteiger partial charge in [-0.05, 0) is 42.5 Å². The SMILES string of the molecule is COc1ccc(C(=O)C=Cc2ccc(O)cc2O)cc1OC. The van der Waals surface area contributed by atoms with Crippen LogP contribution >= 0.6 is 0 Å². The fourth-order valence-corrected chi connectivity index (χ4v) is 1.92. The molecule has 0 aliphatic carbocycles. The highest BCUT2D eigenvalue weighted by Crippen LogP contribution is 2.28. The summed E-state index contributed by atoms with van der Waals surface area (Å²) in [4.78, 5) is 12.1. The third-order valence-electron chi connectivity index (χ3n) is 3.10. The van der Waals surface area contributed by atoms with E-state index in [0.717, 1.165) is 0 Å². The van der Waals surface area contributed by atoms with Gasteiger partial charge in [0.15, 0.2) is 17.3 Å². The predicted molar refractivity (Wildman–Crippen MR) is 82.7 cm³/mol. The van der Waals surface area contributed by atoms with E-state index in [2.05, 4.69) is 0 Å². The van der Waals surface area contributed by atoms with Crippen LogP contribution in [0, 0.1) is 0 Å². The Hall–Kier alpha value is -2.95. The van der Waals surface area contributed by atoms with Crippen LogP contribution in [0.5, 0.6) is 23.0 Å². The summed E-state index contributed by atoms with van der Waals surface area (Å²) in [6.07, 6.45) is 2.82. The van der Waals surface area contributed by atoms with Gasteiger partial charge in [-0.25, -0.2) is 0 Å². The first-order valence-electron chi connectivity index (χ1n) is 6.51. The van der Waals surface area contributed by atoms with Crippen molar-refractivity contribution in [3.8, 4) is 23.0 Å². The number of methoxy groups -OCH3 is 2. The number of ether oxygens (including phenoxy) is 2. The van der Waals surface area contributed by atoms with E-state index in [1.54, 1.807) is 18.2 Å². The zero-order valence-corrected chi connectivity index (χ0v) is 12.2. The highest BCUT2D eigenvalue weighted by molar-refractivity contribution is 6.07. The van der Waals surface area contributed by atoms with Crippen LogP contribution in [0.2, 0.25) is 0 Å². The zero-order valence-electron chi connectivity index (χ0n) is 12.2. The van der Waals surface area contributed by atoms with Crippen LogP contribution < -0.4 is 9.47 Å². The number of carbonyl (C=O) groups is 1. The molecule has 0 saturated carbocycles. The van der Waals surface area contributed by atoms with Gasteiger partial charge >= 0.3 is 0 Å². The van der Waals surface area contributed by atoms with E-state index >= 15 is 0 Å². The molecule has 0 aliphatic rings. The molecule has 2 aromatic carbocycles. The van der Waals surface area contributed by atoms with Crippen molar-refractivity contribution in [2.75, 3.05) is 14.2 Å². The molecule has 0 bridgehead atoms. The third kappa shape index (κ3) is 3.38. The second kappa shape index (κ2) is 6.67. The molecule has 2 N–H and O–H groups in total. The molecule has 0 heterocycles. The minimum absolute atomic E-state index is 0.0409. The average Bonchev–Trinajstić information content (AvgIpc) is 2.53. The summed E-state index contributed by atoms with van der Waals surface area (Å²) >= 11 is 0. The second-order valence-electron chi connectivity index (χ2n) is 4.51. The Morgan fingerprint density at radius 1 is 1.00 bits per heavy atom. The van der Waals surface area contributed by atoms with Crippen LogP contribution in [0.3, 0.4) is 0 Å². The minimum Gasteiger partial charge on any atom is -0.508 e. The Bertz CT molecular complexity index is 719. The predicted octanol–water partition coefficient (Wildman–Crippen LogP) is 3.01. The van der Waals surface area contributed by atoms with Crippen LogP contribution in [-0.4, -0.2) is 30.2 Å². The van der Waals surface area contributed by atoms with Crippen molar-refractivity contribution in [3.63, 3.8) is 0 Å². The summed E-state index contributed by atoms with van der Waals surface area (Å²) in [5, 5.41) is 18.9. The topological polar surface area (TPSA) is 76.0 Å². The minimum atomic E-state index is -0.242. The molecule has 0 fully saturated rings. The van der Waals surface area contributed by atoms with Crippen molar-refractivity contribution < 1.29 is 24.5 Å². The number of phenols is 2. The molecule has 114 valence electrons. The van der Waals surface area contributed by atoms with Crippen LogP contribution in [0.4, 0.5) is 0 Å². The van der Waals surface area contributed by atoms with Crippen LogP contribution in [0.1, 0.15) is 15.9 Å². The maximum Gasteiger partial charge on any atom is 0.185 e. The quantitative estimate of drug-likeness (QED) is 0.655. The molecular weight excluding hydrogens is 284 g/mol. The molecule has 0 aliphatic heterocycles. The maximum absolute atomic E-state index is 12.1. The summed E-state index contributed by atoms with van der Waals surface area (Å²) in [6, 6.07) is 9.02. The van der Waals surface area contributed by atoms with Crippen molar-refractivity contribution in [1.82, 2.24) is 0 Å². The highest BCUT2D eigenvalue weighted by Gasteiger charge is 2.09. The molecule has 0 amide bonds. The van der Waals surface area contributed by atoms with Gasteiger partial charge in [0.25, 0.3) is 0 Å². The van der Waals surface area contributed by atoms with Gasteiger partial charge in [-0.1, -0.05) is 0 Å². The number of hydrogen-bond acceptors (Lipinski definition) is 5. The fraction of sp³-hybridized carbons (Fsp3) is 0.118. The largest absolute Gasteiger partial charge is 0.508 e. The van der Waals surface area contributed by atoms with Gasteiger partial charge in [-0.3, -0.25) is 4.79 Å². The number of hydrogen-bond donors (Lipinski definition) is 2. The molecule has 22 heavy (non-hydrogen) atoms. The third-order valence-corrected chi connectivity index (χ3v) is 3.10. The molecule has 5 heteroatoms. The number of allylic oxidation sites excluding steroid dienone is 1.